The topological polar surface area (TPSA) is 29.3 Å². The normalized spacial score (nSPS) is 14.2. The molecule has 2 nitrogen and oxygen atoms in total. The van der Waals surface area contributed by atoms with Crippen LogP contribution in [-0.4, -0.2) is 19.1 Å². The van der Waals surface area contributed by atoms with Gasteiger partial charge in [0, 0.05) is 24.8 Å². The molecule has 1 rings (SSSR count). The van der Waals surface area contributed by atoms with Crippen LogP contribution in [-0.2, 0) is 0 Å². The van der Waals surface area contributed by atoms with Crippen molar-refractivity contribution in [2.75, 3.05) is 18.0 Å². The number of nitrogens with zero attached hydrogens (tertiary/aromatic N) is 1. The van der Waals surface area contributed by atoms with E-state index in [2.05, 4.69) is 56.9 Å². The molecule has 2 heteroatoms. The van der Waals surface area contributed by atoms with E-state index in [0.29, 0.717) is 6.04 Å². The first kappa shape index (κ1) is 16.0. The molecule has 1 aromatic carbocycles. The lowest BCUT2D eigenvalue weighted by atomic mass is 10.0. The average Bonchev–Trinajstić information content (AvgIpc) is 2.36. The lowest BCUT2D eigenvalue weighted by Crippen LogP contribution is -2.28. The van der Waals surface area contributed by atoms with E-state index < -0.39 is 0 Å². The third kappa shape index (κ3) is 6.11. The summed E-state index contributed by atoms with van der Waals surface area (Å²) in [4.78, 5) is 2.47. The van der Waals surface area contributed by atoms with Gasteiger partial charge in [0.15, 0.2) is 0 Å². The molecule has 0 aliphatic carbocycles. The van der Waals surface area contributed by atoms with Gasteiger partial charge in [0.1, 0.15) is 0 Å². The molecular weight excluding hydrogens is 232 g/mol. The summed E-state index contributed by atoms with van der Waals surface area (Å²) in [5.41, 5.74) is 8.46. The molecule has 0 saturated carbocycles. The summed E-state index contributed by atoms with van der Waals surface area (Å²) in [6, 6.07) is 9.19. The smallest absolute Gasteiger partial charge is 0.0366 e. The minimum Gasteiger partial charge on any atom is -0.372 e. The summed E-state index contributed by atoms with van der Waals surface area (Å²) in [5, 5.41) is 0. The lowest BCUT2D eigenvalue weighted by Gasteiger charge is -2.27. The van der Waals surface area contributed by atoms with E-state index in [-0.39, 0.29) is 0 Å². The van der Waals surface area contributed by atoms with Crippen LogP contribution in [0.15, 0.2) is 24.3 Å². The monoisotopic (exact) mass is 262 g/mol. The second kappa shape index (κ2) is 8.21. The molecule has 1 aromatic rings. The molecule has 2 unspecified atom stereocenters. The van der Waals surface area contributed by atoms with Crippen molar-refractivity contribution in [2.45, 2.75) is 53.0 Å². The quantitative estimate of drug-likeness (QED) is 0.768. The van der Waals surface area contributed by atoms with Crippen molar-refractivity contribution in [3.8, 4) is 0 Å². The summed E-state index contributed by atoms with van der Waals surface area (Å²) in [6.07, 6.45) is 3.65. The second-order valence-electron chi connectivity index (χ2n) is 5.89. The zero-order valence-corrected chi connectivity index (χ0v) is 13.0. The van der Waals surface area contributed by atoms with Gasteiger partial charge in [0.2, 0.25) is 0 Å². The van der Waals surface area contributed by atoms with Crippen LogP contribution in [0.25, 0.3) is 0 Å². The van der Waals surface area contributed by atoms with Gasteiger partial charge in [-0.25, -0.2) is 0 Å². The number of anilines is 1. The zero-order valence-electron chi connectivity index (χ0n) is 13.0. The molecule has 0 amide bonds. The Morgan fingerprint density at radius 3 is 2.26 bits per heavy atom. The molecule has 0 saturated heterocycles. The van der Waals surface area contributed by atoms with Crippen LogP contribution in [0.3, 0.4) is 0 Å². The summed E-state index contributed by atoms with van der Waals surface area (Å²) in [5.74, 6) is 0.722. The van der Waals surface area contributed by atoms with Crippen LogP contribution < -0.4 is 10.6 Å². The summed E-state index contributed by atoms with van der Waals surface area (Å²) in [6.45, 7) is 11.0. The van der Waals surface area contributed by atoms with E-state index in [9.17, 15) is 0 Å². The Balaban J connectivity index is 2.45. The maximum absolute atomic E-state index is 5.80. The molecule has 0 fully saturated rings. The van der Waals surface area contributed by atoms with E-state index in [0.717, 1.165) is 25.4 Å². The van der Waals surface area contributed by atoms with Crippen molar-refractivity contribution >= 4 is 5.69 Å². The number of nitrogens with two attached hydrogens (primary N) is 1. The van der Waals surface area contributed by atoms with E-state index in [4.69, 9.17) is 5.73 Å². The Morgan fingerprint density at radius 1 is 1.11 bits per heavy atom. The number of benzene rings is 1. The van der Waals surface area contributed by atoms with Crippen molar-refractivity contribution in [3.63, 3.8) is 0 Å². The molecule has 0 aliphatic heterocycles. The maximum atomic E-state index is 5.80. The molecule has 19 heavy (non-hydrogen) atoms. The van der Waals surface area contributed by atoms with E-state index in [1.807, 2.05) is 0 Å². The van der Waals surface area contributed by atoms with Crippen molar-refractivity contribution < 1.29 is 0 Å². The molecule has 108 valence electrons. The van der Waals surface area contributed by atoms with Gasteiger partial charge in [-0.1, -0.05) is 31.0 Å². The number of aryl methyl sites for hydroxylation is 1. The molecule has 0 spiro atoms. The first-order valence-corrected chi connectivity index (χ1v) is 7.60. The average molecular weight is 262 g/mol. The Hall–Kier alpha value is -1.02. The highest BCUT2D eigenvalue weighted by Crippen LogP contribution is 2.18. The van der Waals surface area contributed by atoms with E-state index in [1.54, 1.807) is 0 Å². The van der Waals surface area contributed by atoms with Crippen LogP contribution in [0, 0.1) is 12.8 Å². The zero-order chi connectivity index (χ0) is 14.3. The summed E-state index contributed by atoms with van der Waals surface area (Å²) >= 11 is 0. The van der Waals surface area contributed by atoms with Gasteiger partial charge in [-0.15, -0.1) is 0 Å². The van der Waals surface area contributed by atoms with Crippen LogP contribution in [0.2, 0.25) is 0 Å². The van der Waals surface area contributed by atoms with Gasteiger partial charge in [-0.05, 0) is 51.7 Å². The summed E-state index contributed by atoms with van der Waals surface area (Å²) in [7, 11) is 0. The van der Waals surface area contributed by atoms with Crippen LogP contribution >= 0.6 is 0 Å². The third-order valence-corrected chi connectivity index (χ3v) is 3.67. The van der Waals surface area contributed by atoms with Crippen LogP contribution in [0.1, 0.15) is 45.6 Å². The molecule has 0 aromatic heterocycles. The number of hydrogen-bond donors (Lipinski definition) is 1. The third-order valence-electron chi connectivity index (χ3n) is 3.67. The molecule has 0 bridgehead atoms. The Morgan fingerprint density at radius 2 is 1.74 bits per heavy atom. The van der Waals surface area contributed by atoms with Crippen LogP contribution in [0.5, 0.6) is 0 Å². The SMILES string of the molecule is CCN(CC(C)CCCC(C)N)c1ccc(C)cc1. The maximum Gasteiger partial charge on any atom is 0.0366 e. The van der Waals surface area contributed by atoms with Crippen molar-refractivity contribution in [3.05, 3.63) is 29.8 Å². The van der Waals surface area contributed by atoms with Gasteiger partial charge in [-0.3, -0.25) is 0 Å². The molecule has 0 heterocycles. The van der Waals surface area contributed by atoms with E-state index >= 15 is 0 Å². The number of hydrogen-bond acceptors (Lipinski definition) is 2. The Bertz CT molecular complexity index is 343. The van der Waals surface area contributed by atoms with Crippen LogP contribution in [0.4, 0.5) is 5.69 Å². The van der Waals surface area contributed by atoms with Gasteiger partial charge >= 0.3 is 0 Å². The second-order valence-corrected chi connectivity index (χ2v) is 5.89. The highest BCUT2D eigenvalue weighted by molar-refractivity contribution is 5.47. The predicted molar refractivity (Wildman–Crippen MR) is 85.7 cm³/mol. The van der Waals surface area contributed by atoms with Gasteiger partial charge < -0.3 is 10.6 Å². The highest BCUT2D eigenvalue weighted by Gasteiger charge is 2.09. The molecular formula is C17H30N2. The first-order chi connectivity index (χ1) is 9.02. The molecule has 2 N–H and O–H groups in total. The van der Waals surface area contributed by atoms with Gasteiger partial charge in [0.05, 0.1) is 0 Å². The summed E-state index contributed by atoms with van der Waals surface area (Å²) < 4.78 is 0. The van der Waals surface area contributed by atoms with Gasteiger partial charge in [-0.2, -0.15) is 0 Å². The molecule has 2 atom stereocenters. The van der Waals surface area contributed by atoms with Crippen molar-refractivity contribution in [2.24, 2.45) is 11.7 Å². The Labute approximate surface area is 119 Å². The van der Waals surface area contributed by atoms with Gasteiger partial charge in [0.25, 0.3) is 0 Å². The number of rotatable bonds is 8. The highest BCUT2D eigenvalue weighted by atomic mass is 15.1. The lowest BCUT2D eigenvalue weighted by molar-refractivity contribution is 0.475. The fourth-order valence-electron chi connectivity index (χ4n) is 2.43. The minimum absolute atomic E-state index is 0.339. The van der Waals surface area contributed by atoms with E-state index in [1.165, 1.54) is 24.1 Å². The molecule has 0 aliphatic rings. The Kier molecular flexibility index (Phi) is 6.93. The fourth-order valence-corrected chi connectivity index (χ4v) is 2.43. The fraction of sp³-hybridized carbons (Fsp3) is 0.647. The minimum atomic E-state index is 0.339. The first-order valence-electron chi connectivity index (χ1n) is 7.60. The predicted octanol–water partition coefficient (Wildman–Crippen LogP) is 3.97. The molecule has 0 radical (unpaired) electrons. The van der Waals surface area contributed by atoms with Crippen molar-refractivity contribution in [1.29, 1.82) is 0 Å². The largest absolute Gasteiger partial charge is 0.372 e. The van der Waals surface area contributed by atoms with Crippen molar-refractivity contribution in [1.82, 2.24) is 0 Å². The standard InChI is InChI=1S/C17H30N2/c1-5-19(17-11-9-14(2)10-12-17)13-15(3)7-6-8-16(4)18/h9-12,15-16H,5-8,13,18H2,1-4H3.